The maximum Gasteiger partial charge on any atom is 0.255 e. The SMILES string of the molecule is CNC(=O)c1c(-c2cnc(C(C)(C)C)s2)oc2cc(N(C)S(C)(=O)=O)c(-c3ccc4c(n3)-c3cc5c(F)cccc5n3CC4)cc12. The van der Waals surface area contributed by atoms with Crippen LogP contribution in [0.2, 0.25) is 0 Å². The van der Waals surface area contributed by atoms with Gasteiger partial charge in [0.1, 0.15) is 11.4 Å². The Bertz CT molecular complexity index is 2330. The van der Waals surface area contributed by atoms with E-state index in [0.29, 0.717) is 68.2 Å². The molecule has 0 unspecified atom stereocenters. The summed E-state index contributed by atoms with van der Waals surface area (Å²) in [6.07, 6.45) is 3.54. The fraction of sp³-hybridized carbons (Fsp3) is 0.265. The van der Waals surface area contributed by atoms with Crippen LogP contribution < -0.4 is 9.62 Å². The number of carbonyl (C=O) groups excluding carboxylic acids is 1. The van der Waals surface area contributed by atoms with Crippen molar-refractivity contribution in [2.24, 2.45) is 0 Å². The number of sulfonamides is 1. The molecule has 5 heterocycles. The summed E-state index contributed by atoms with van der Waals surface area (Å²) in [4.78, 5) is 23.8. The molecule has 4 aromatic heterocycles. The molecule has 1 N–H and O–H groups in total. The van der Waals surface area contributed by atoms with E-state index in [0.717, 1.165) is 28.0 Å². The van der Waals surface area contributed by atoms with Crippen molar-refractivity contribution in [1.82, 2.24) is 19.9 Å². The van der Waals surface area contributed by atoms with Crippen LogP contribution >= 0.6 is 11.3 Å². The molecule has 0 saturated heterocycles. The van der Waals surface area contributed by atoms with Crippen LogP contribution in [0.1, 0.15) is 41.7 Å². The van der Waals surface area contributed by atoms with E-state index < -0.39 is 10.0 Å². The quantitative estimate of drug-likeness (QED) is 0.214. The van der Waals surface area contributed by atoms with Gasteiger partial charge in [-0.3, -0.25) is 9.10 Å². The van der Waals surface area contributed by atoms with Crippen LogP contribution in [-0.2, 0) is 28.4 Å². The predicted octanol–water partition coefficient (Wildman–Crippen LogP) is 6.99. The minimum Gasteiger partial charge on any atom is -0.454 e. The zero-order valence-electron chi connectivity index (χ0n) is 26.2. The molecule has 0 atom stereocenters. The number of thiazole rings is 1. The summed E-state index contributed by atoms with van der Waals surface area (Å²) < 4.78 is 50.1. The number of rotatable bonds is 5. The number of hydrogen-bond acceptors (Lipinski definition) is 7. The van der Waals surface area contributed by atoms with Crippen molar-refractivity contribution >= 4 is 54.8 Å². The number of amides is 1. The lowest BCUT2D eigenvalue weighted by Crippen LogP contribution is -2.25. The Labute approximate surface area is 269 Å². The lowest BCUT2D eigenvalue weighted by molar-refractivity contribution is 0.0964. The van der Waals surface area contributed by atoms with Gasteiger partial charge in [-0.1, -0.05) is 32.9 Å². The molecule has 0 saturated carbocycles. The van der Waals surface area contributed by atoms with E-state index in [1.165, 1.54) is 28.8 Å². The molecule has 0 aliphatic carbocycles. The molecule has 0 radical (unpaired) electrons. The number of nitrogens with one attached hydrogen (secondary N) is 1. The van der Waals surface area contributed by atoms with Gasteiger partial charge >= 0.3 is 0 Å². The van der Waals surface area contributed by atoms with Crippen molar-refractivity contribution in [2.75, 3.05) is 24.7 Å². The van der Waals surface area contributed by atoms with Gasteiger partial charge in [0.25, 0.3) is 5.91 Å². The van der Waals surface area contributed by atoms with Gasteiger partial charge in [0.15, 0.2) is 5.76 Å². The van der Waals surface area contributed by atoms with Crippen LogP contribution in [0.5, 0.6) is 0 Å². The lowest BCUT2D eigenvalue weighted by atomic mass is 9.98. The Morgan fingerprint density at radius 3 is 2.61 bits per heavy atom. The summed E-state index contributed by atoms with van der Waals surface area (Å²) in [5.74, 6) is -0.287. The molecule has 0 fully saturated rings. The van der Waals surface area contributed by atoms with E-state index in [-0.39, 0.29) is 17.1 Å². The second-order valence-corrected chi connectivity index (χ2v) is 15.6. The number of pyridine rings is 1. The highest BCUT2D eigenvalue weighted by atomic mass is 32.2. The lowest BCUT2D eigenvalue weighted by Gasteiger charge is -2.23. The third kappa shape index (κ3) is 4.78. The van der Waals surface area contributed by atoms with Gasteiger partial charge in [-0.05, 0) is 42.3 Å². The maximum atomic E-state index is 14.8. The summed E-state index contributed by atoms with van der Waals surface area (Å²) in [5.41, 5.74) is 5.12. The Hall–Kier alpha value is -4.55. The zero-order valence-corrected chi connectivity index (χ0v) is 27.9. The van der Waals surface area contributed by atoms with Gasteiger partial charge < -0.3 is 14.3 Å². The fourth-order valence-electron chi connectivity index (χ4n) is 6.01. The second kappa shape index (κ2) is 10.5. The van der Waals surface area contributed by atoms with Gasteiger partial charge in [0.2, 0.25) is 10.0 Å². The third-order valence-electron chi connectivity index (χ3n) is 8.46. The molecule has 236 valence electrons. The Morgan fingerprint density at radius 1 is 1.13 bits per heavy atom. The normalized spacial score (nSPS) is 13.2. The highest BCUT2D eigenvalue weighted by Crippen LogP contribution is 2.44. The van der Waals surface area contributed by atoms with E-state index in [1.54, 1.807) is 31.4 Å². The number of halogens is 1. The highest BCUT2D eigenvalue weighted by Gasteiger charge is 2.29. The van der Waals surface area contributed by atoms with Gasteiger partial charge in [0, 0.05) is 54.7 Å². The molecule has 1 aliphatic heterocycles. The van der Waals surface area contributed by atoms with Crippen molar-refractivity contribution in [3.8, 4) is 33.3 Å². The van der Waals surface area contributed by atoms with Crippen molar-refractivity contribution in [3.05, 3.63) is 76.7 Å². The van der Waals surface area contributed by atoms with Gasteiger partial charge in [-0.2, -0.15) is 0 Å². The Balaban J connectivity index is 1.48. The monoisotopic (exact) mass is 657 g/mol. The topological polar surface area (TPSA) is 110 Å². The zero-order chi connectivity index (χ0) is 32.7. The molecular weight excluding hydrogens is 626 g/mol. The number of aryl methyl sites for hydroxylation is 2. The van der Waals surface area contributed by atoms with Crippen molar-refractivity contribution < 1.29 is 22.0 Å². The number of fused-ring (bicyclic) bond motifs is 6. The Kier molecular flexibility index (Phi) is 6.87. The molecule has 2 aromatic carbocycles. The summed E-state index contributed by atoms with van der Waals surface area (Å²) in [6.45, 7) is 6.88. The molecule has 46 heavy (non-hydrogen) atoms. The van der Waals surface area contributed by atoms with E-state index in [1.807, 2.05) is 24.3 Å². The molecule has 12 heteroatoms. The first-order valence-corrected chi connectivity index (χ1v) is 17.4. The first kappa shape index (κ1) is 30.1. The molecule has 1 aliphatic rings. The number of hydrogen-bond donors (Lipinski definition) is 1. The summed E-state index contributed by atoms with van der Waals surface area (Å²) in [6, 6.07) is 14.1. The summed E-state index contributed by atoms with van der Waals surface area (Å²) in [5, 5.41) is 4.65. The van der Waals surface area contributed by atoms with Crippen molar-refractivity contribution in [2.45, 2.75) is 39.2 Å². The molecule has 6 aromatic rings. The number of benzene rings is 2. The molecule has 0 spiro atoms. The van der Waals surface area contributed by atoms with E-state index in [9.17, 15) is 17.6 Å². The second-order valence-electron chi connectivity index (χ2n) is 12.6. The molecular formula is C34H32FN5O4S2. The first-order valence-electron chi connectivity index (χ1n) is 14.8. The fourth-order valence-corrected chi connectivity index (χ4v) is 7.48. The number of carbonyl (C=O) groups is 1. The average Bonchev–Trinajstić information content (AvgIpc) is 3.75. The Morgan fingerprint density at radius 2 is 1.91 bits per heavy atom. The minimum atomic E-state index is -3.70. The van der Waals surface area contributed by atoms with Gasteiger partial charge in [0.05, 0.1) is 50.0 Å². The summed E-state index contributed by atoms with van der Waals surface area (Å²) in [7, 11) is -0.675. The van der Waals surface area contributed by atoms with E-state index in [4.69, 9.17) is 9.40 Å². The van der Waals surface area contributed by atoms with Crippen LogP contribution in [0.3, 0.4) is 0 Å². The molecule has 1 amide bonds. The third-order valence-corrected chi connectivity index (χ3v) is 11.1. The molecule has 9 nitrogen and oxygen atoms in total. The predicted molar refractivity (Wildman–Crippen MR) is 180 cm³/mol. The van der Waals surface area contributed by atoms with Crippen LogP contribution in [0.25, 0.3) is 55.2 Å². The first-order chi connectivity index (χ1) is 21.8. The van der Waals surface area contributed by atoms with Gasteiger partial charge in [-0.15, -0.1) is 11.3 Å². The smallest absolute Gasteiger partial charge is 0.255 e. The average molecular weight is 658 g/mol. The van der Waals surface area contributed by atoms with E-state index >= 15 is 0 Å². The molecule has 0 bridgehead atoms. The van der Waals surface area contributed by atoms with Crippen LogP contribution in [-0.4, -0.2) is 49.2 Å². The number of furan rings is 1. The standard InChI is InChI=1S/C34H32FN5O4S2/c1-34(2,3)33-37-17-28(45-33)31-29(32(41)36-4)21-14-20(25(16-27(21)44-31)39(5)46(6,42)43)23-11-10-18-12-13-40-24-9-7-8-22(35)19(24)15-26(40)30(18)38-23/h7-11,14-17H,12-13H2,1-6H3,(H,36,41). The van der Waals surface area contributed by atoms with Gasteiger partial charge in [-0.25, -0.2) is 22.8 Å². The summed E-state index contributed by atoms with van der Waals surface area (Å²) >= 11 is 1.44. The van der Waals surface area contributed by atoms with Crippen LogP contribution in [0.15, 0.2) is 59.1 Å². The van der Waals surface area contributed by atoms with Crippen LogP contribution in [0, 0.1) is 5.82 Å². The highest BCUT2D eigenvalue weighted by molar-refractivity contribution is 7.92. The van der Waals surface area contributed by atoms with Crippen LogP contribution in [0.4, 0.5) is 10.1 Å². The number of aromatic nitrogens is 3. The molecule has 7 rings (SSSR count). The number of nitrogens with zero attached hydrogens (tertiary/aromatic N) is 4. The van der Waals surface area contributed by atoms with E-state index in [2.05, 4.69) is 35.6 Å². The van der Waals surface area contributed by atoms with Crippen molar-refractivity contribution in [1.29, 1.82) is 0 Å². The minimum absolute atomic E-state index is 0.198. The van der Waals surface area contributed by atoms with Crippen molar-refractivity contribution in [3.63, 3.8) is 0 Å². The number of anilines is 1. The largest absolute Gasteiger partial charge is 0.454 e. The maximum absolute atomic E-state index is 14.8.